The molecule has 1 aromatic rings. The third kappa shape index (κ3) is 2.54. The van der Waals surface area contributed by atoms with Crippen LogP contribution in [0.2, 0.25) is 0 Å². The molecule has 1 fully saturated rings. The van der Waals surface area contributed by atoms with Gasteiger partial charge in [-0.15, -0.1) is 11.3 Å². The Hall–Kier alpha value is -0.940. The van der Waals surface area contributed by atoms with Crippen molar-refractivity contribution in [2.24, 2.45) is 18.0 Å². The van der Waals surface area contributed by atoms with E-state index in [1.54, 1.807) is 0 Å². The molecule has 4 nitrogen and oxygen atoms in total. The van der Waals surface area contributed by atoms with Crippen molar-refractivity contribution in [1.82, 2.24) is 9.88 Å². The van der Waals surface area contributed by atoms with E-state index in [9.17, 15) is 4.79 Å². The van der Waals surface area contributed by atoms with Gasteiger partial charge in [0.25, 0.3) is 5.91 Å². The average Bonchev–Trinajstić information content (AvgIpc) is 2.66. The molecular weight excluding hydrogens is 210 g/mol. The van der Waals surface area contributed by atoms with Gasteiger partial charge in [-0.25, -0.2) is 0 Å². The smallest absolute Gasteiger partial charge is 0.252 e. The van der Waals surface area contributed by atoms with E-state index in [0.717, 1.165) is 30.7 Å². The lowest BCUT2D eigenvalue weighted by atomic mass is 9.99. The van der Waals surface area contributed by atoms with Crippen LogP contribution in [0.5, 0.6) is 0 Å². The van der Waals surface area contributed by atoms with Gasteiger partial charge in [0, 0.05) is 25.2 Å². The quantitative estimate of drug-likeness (QED) is 0.757. The van der Waals surface area contributed by atoms with Gasteiger partial charge in [0.05, 0.1) is 5.92 Å². The molecule has 82 valence electrons. The summed E-state index contributed by atoms with van der Waals surface area (Å²) < 4.78 is 1.87. The molecule has 1 saturated heterocycles. The summed E-state index contributed by atoms with van der Waals surface area (Å²) in [5, 5.41) is 5.16. The van der Waals surface area contributed by atoms with E-state index in [1.807, 2.05) is 23.2 Å². The number of nitrogens with one attached hydrogen (secondary N) is 1. The van der Waals surface area contributed by atoms with Crippen molar-refractivity contribution in [3.8, 4) is 0 Å². The van der Waals surface area contributed by atoms with Crippen LogP contribution < -0.4 is 10.1 Å². The third-order valence-electron chi connectivity index (χ3n) is 2.61. The molecule has 0 radical (unpaired) electrons. The molecule has 2 heterocycles. The molecule has 0 aliphatic carbocycles. The highest BCUT2D eigenvalue weighted by atomic mass is 32.1. The summed E-state index contributed by atoms with van der Waals surface area (Å²) in [5.74, 6) is 0.0844. The number of thiazole rings is 1. The van der Waals surface area contributed by atoms with E-state index in [-0.39, 0.29) is 11.8 Å². The molecule has 0 aromatic carbocycles. The average molecular weight is 225 g/mol. The Morgan fingerprint density at radius 2 is 2.60 bits per heavy atom. The molecule has 0 bridgehead atoms. The van der Waals surface area contributed by atoms with Crippen LogP contribution in [-0.4, -0.2) is 23.6 Å². The summed E-state index contributed by atoms with van der Waals surface area (Å²) in [6.07, 6.45) is 3.95. The number of amides is 1. The van der Waals surface area contributed by atoms with Crippen molar-refractivity contribution in [3.05, 3.63) is 16.4 Å². The zero-order valence-corrected chi connectivity index (χ0v) is 9.59. The predicted molar refractivity (Wildman–Crippen MR) is 59.5 cm³/mol. The minimum absolute atomic E-state index is 0.0141. The molecule has 15 heavy (non-hydrogen) atoms. The first-order chi connectivity index (χ1) is 7.27. The van der Waals surface area contributed by atoms with E-state index >= 15 is 0 Å². The number of carbonyl (C=O) groups excluding carboxylic acids is 1. The highest BCUT2D eigenvalue weighted by molar-refractivity contribution is 7.07. The maximum atomic E-state index is 11.8. The highest BCUT2D eigenvalue weighted by Gasteiger charge is 2.20. The zero-order valence-electron chi connectivity index (χ0n) is 8.77. The maximum Gasteiger partial charge on any atom is 0.252 e. The number of nitrogens with zero attached hydrogens (tertiary/aromatic N) is 2. The van der Waals surface area contributed by atoms with Crippen molar-refractivity contribution in [1.29, 1.82) is 0 Å². The second-order valence-corrected chi connectivity index (χ2v) is 4.66. The summed E-state index contributed by atoms with van der Waals surface area (Å²) in [5.41, 5.74) is 0. The summed E-state index contributed by atoms with van der Waals surface area (Å²) in [6.45, 7) is 1.80. The summed E-state index contributed by atoms with van der Waals surface area (Å²) in [4.78, 5) is 16.7. The number of rotatable bonds is 1. The van der Waals surface area contributed by atoms with Gasteiger partial charge < -0.3 is 9.88 Å². The van der Waals surface area contributed by atoms with E-state index in [0.29, 0.717) is 0 Å². The van der Waals surface area contributed by atoms with Crippen LogP contribution in [-0.2, 0) is 11.8 Å². The Bertz CT molecular complexity index is 401. The zero-order chi connectivity index (χ0) is 10.7. The lowest BCUT2D eigenvalue weighted by Crippen LogP contribution is -2.34. The fourth-order valence-electron chi connectivity index (χ4n) is 1.68. The largest absolute Gasteiger partial charge is 0.327 e. The second kappa shape index (κ2) is 4.72. The molecule has 1 N–H and O–H groups in total. The van der Waals surface area contributed by atoms with Crippen molar-refractivity contribution >= 4 is 17.2 Å². The van der Waals surface area contributed by atoms with Crippen molar-refractivity contribution < 1.29 is 4.79 Å². The van der Waals surface area contributed by atoms with E-state index in [4.69, 9.17) is 0 Å². The summed E-state index contributed by atoms with van der Waals surface area (Å²) >= 11 is 1.50. The molecule has 1 aromatic heterocycles. The minimum atomic E-state index is 0.0141. The van der Waals surface area contributed by atoms with Gasteiger partial charge >= 0.3 is 0 Å². The number of aromatic nitrogens is 1. The van der Waals surface area contributed by atoms with E-state index in [2.05, 4.69) is 10.3 Å². The molecular formula is C10H15N3OS. The van der Waals surface area contributed by atoms with Gasteiger partial charge in [0.1, 0.15) is 0 Å². The standard InChI is InChI=1S/C10H15N3OS/c1-13-5-6-15-10(13)12-9(14)8-3-2-4-11-7-8/h5-6,8,11H,2-4,7H2,1H3/t8-/m1/s1. The number of carbonyl (C=O) groups is 1. The highest BCUT2D eigenvalue weighted by Crippen LogP contribution is 2.11. The number of aryl methyl sites for hydroxylation is 1. The number of hydrogen-bond acceptors (Lipinski definition) is 3. The molecule has 1 aliphatic heterocycles. The van der Waals surface area contributed by atoms with Crippen LogP contribution in [0.1, 0.15) is 12.8 Å². The third-order valence-corrected chi connectivity index (χ3v) is 3.46. The van der Waals surface area contributed by atoms with Crippen molar-refractivity contribution in [2.45, 2.75) is 12.8 Å². The predicted octanol–water partition coefficient (Wildman–Crippen LogP) is 0.513. The van der Waals surface area contributed by atoms with Gasteiger partial charge in [0.15, 0.2) is 4.80 Å². The Kier molecular flexibility index (Phi) is 3.33. The van der Waals surface area contributed by atoms with Gasteiger partial charge in [0.2, 0.25) is 0 Å². The van der Waals surface area contributed by atoms with Crippen LogP contribution in [0.3, 0.4) is 0 Å². The van der Waals surface area contributed by atoms with Gasteiger partial charge in [-0.1, -0.05) is 0 Å². The van der Waals surface area contributed by atoms with E-state index < -0.39 is 0 Å². The summed E-state index contributed by atoms with van der Waals surface area (Å²) in [7, 11) is 1.90. The molecule has 1 amide bonds. The first kappa shape index (κ1) is 10.6. The maximum absolute atomic E-state index is 11.8. The molecule has 0 spiro atoms. The fraction of sp³-hybridized carbons (Fsp3) is 0.600. The normalized spacial score (nSPS) is 23.0. The Balaban J connectivity index is 2.12. The van der Waals surface area contributed by atoms with Crippen molar-refractivity contribution in [2.75, 3.05) is 13.1 Å². The van der Waals surface area contributed by atoms with E-state index in [1.165, 1.54) is 11.3 Å². The molecule has 0 saturated carbocycles. The summed E-state index contributed by atoms with van der Waals surface area (Å²) in [6, 6.07) is 0. The first-order valence-corrected chi connectivity index (χ1v) is 6.05. The van der Waals surface area contributed by atoms with Crippen molar-refractivity contribution in [3.63, 3.8) is 0 Å². The molecule has 1 atom stereocenters. The van der Waals surface area contributed by atoms with Crippen LogP contribution in [0.25, 0.3) is 0 Å². The Morgan fingerprint density at radius 1 is 1.73 bits per heavy atom. The van der Waals surface area contributed by atoms with Gasteiger partial charge in [-0.05, 0) is 19.4 Å². The monoisotopic (exact) mass is 225 g/mol. The SMILES string of the molecule is Cn1ccsc1=NC(=O)[C@@H]1CCCNC1. The van der Waals surface area contributed by atoms with Gasteiger partial charge in [-0.2, -0.15) is 4.99 Å². The Labute approximate surface area is 92.7 Å². The molecule has 1 aliphatic rings. The minimum Gasteiger partial charge on any atom is -0.327 e. The number of hydrogen-bond donors (Lipinski definition) is 1. The molecule has 5 heteroatoms. The Morgan fingerprint density at radius 3 is 3.20 bits per heavy atom. The first-order valence-electron chi connectivity index (χ1n) is 5.17. The van der Waals surface area contributed by atoms with Gasteiger partial charge in [-0.3, -0.25) is 4.79 Å². The second-order valence-electron chi connectivity index (χ2n) is 3.79. The lowest BCUT2D eigenvalue weighted by Gasteiger charge is -2.19. The molecule has 0 unspecified atom stereocenters. The van der Waals surface area contributed by atoms with Crippen LogP contribution >= 0.6 is 11.3 Å². The van der Waals surface area contributed by atoms with Crippen LogP contribution in [0.4, 0.5) is 0 Å². The molecule has 2 rings (SSSR count). The lowest BCUT2D eigenvalue weighted by molar-refractivity contribution is -0.122. The number of piperidine rings is 1. The van der Waals surface area contributed by atoms with Crippen LogP contribution in [0.15, 0.2) is 16.6 Å². The van der Waals surface area contributed by atoms with Crippen LogP contribution in [0, 0.1) is 5.92 Å². The fourth-order valence-corrected chi connectivity index (χ4v) is 2.42. The topological polar surface area (TPSA) is 46.4 Å².